The summed E-state index contributed by atoms with van der Waals surface area (Å²) in [5.74, 6) is 0.0268. The highest BCUT2D eigenvalue weighted by Gasteiger charge is 2.03. The average molecular weight is 268 g/mol. The van der Waals surface area contributed by atoms with Gasteiger partial charge in [-0.1, -0.05) is 35.9 Å². The van der Waals surface area contributed by atoms with E-state index in [4.69, 9.17) is 0 Å². The summed E-state index contributed by atoms with van der Waals surface area (Å²) in [7, 11) is 0. The quantitative estimate of drug-likeness (QED) is 0.867. The van der Waals surface area contributed by atoms with Crippen LogP contribution in [-0.2, 0) is 4.79 Å². The fourth-order valence-corrected chi connectivity index (χ4v) is 1.92. The van der Waals surface area contributed by atoms with Gasteiger partial charge in [0.25, 0.3) is 0 Å². The second kappa shape index (κ2) is 6.75. The average Bonchev–Trinajstić information content (AvgIpc) is 2.44. The van der Waals surface area contributed by atoms with E-state index in [1.165, 1.54) is 5.56 Å². The van der Waals surface area contributed by atoms with Crippen molar-refractivity contribution in [3.8, 4) is 0 Å². The van der Waals surface area contributed by atoms with Crippen molar-refractivity contribution in [3.63, 3.8) is 0 Å². The number of para-hydroxylation sites is 1. The highest BCUT2D eigenvalue weighted by atomic mass is 16.1. The Labute approximate surface area is 120 Å². The molecular weight excluding hydrogens is 248 g/mol. The first-order valence-electron chi connectivity index (χ1n) is 6.81. The van der Waals surface area contributed by atoms with Crippen LogP contribution in [0.5, 0.6) is 0 Å². The van der Waals surface area contributed by atoms with E-state index in [1.807, 2.05) is 43.3 Å². The van der Waals surface area contributed by atoms with Gasteiger partial charge in [0.05, 0.1) is 0 Å². The molecule has 2 aromatic carbocycles. The summed E-state index contributed by atoms with van der Waals surface area (Å²) >= 11 is 0. The summed E-state index contributed by atoms with van der Waals surface area (Å²) in [5.41, 5.74) is 4.23. The molecule has 0 aliphatic carbocycles. The lowest BCUT2D eigenvalue weighted by Gasteiger charge is -2.09. The van der Waals surface area contributed by atoms with Gasteiger partial charge in [0, 0.05) is 24.3 Å². The SMILES string of the molecule is Cc1ccc(NCCC(=O)Nc2ccccc2C)cc1. The molecule has 0 aromatic heterocycles. The molecule has 104 valence electrons. The van der Waals surface area contributed by atoms with Crippen LogP contribution in [0.2, 0.25) is 0 Å². The molecule has 0 aliphatic rings. The van der Waals surface area contributed by atoms with E-state index in [1.54, 1.807) is 0 Å². The maximum Gasteiger partial charge on any atom is 0.226 e. The van der Waals surface area contributed by atoms with E-state index in [0.29, 0.717) is 13.0 Å². The van der Waals surface area contributed by atoms with Gasteiger partial charge < -0.3 is 10.6 Å². The second-order valence-corrected chi connectivity index (χ2v) is 4.91. The molecule has 0 spiro atoms. The number of carbonyl (C=O) groups is 1. The minimum absolute atomic E-state index is 0.0268. The van der Waals surface area contributed by atoms with Gasteiger partial charge in [-0.15, -0.1) is 0 Å². The Morgan fingerprint density at radius 3 is 2.40 bits per heavy atom. The van der Waals surface area contributed by atoms with Crippen LogP contribution in [0.15, 0.2) is 48.5 Å². The number of benzene rings is 2. The molecule has 20 heavy (non-hydrogen) atoms. The number of anilines is 2. The Bertz CT molecular complexity index is 576. The largest absolute Gasteiger partial charge is 0.385 e. The van der Waals surface area contributed by atoms with Crippen LogP contribution in [-0.4, -0.2) is 12.5 Å². The number of hydrogen-bond acceptors (Lipinski definition) is 2. The summed E-state index contributed by atoms with van der Waals surface area (Å²) in [6.45, 7) is 4.67. The van der Waals surface area contributed by atoms with Crippen molar-refractivity contribution in [1.29, 1.82) is 0 Å². The second-order valence-electron chi connectivity index (χ2n) is 4.91. The standard InChI is InChI=1S/C17H20N2O/c1-13-7-9-15(10-8-13)18-12-11-17(20)19-16-6-4-3-5-14(16)2/h3-10,18H,11-12H2,1-2H3,(H,19,20). The smallest absolute Gasteiger partial charge is 0.226 e. The van der Waals surface area contributed by atoms with Gasteiger partial charge in [0.1, 0.15) is 0 Å². The lowest BCUT2D eigenvalue weighted by atomic mass is 10.2. The van der Waals surface area contributed by atoms with Gasteiger partial charge in [-0.3, -0.25) is 4.79 Å². The Morgan fingerprint density at radius 1 is 1.00 bits per heavy atom. The summed E-state index contributed by atoms with van der Waals surface area (Å²) in [5, 5.41) is 6.17. The van der Waals surface area contributed by atoms with Crippen LogP contribution in [0.1, 0.15) is 17.5 Å². The first-order valence-corrected chi connectivity index (χ1v) is 6.81. The highest BCUT2D eigenvalue weighted by molar-refractivity contribution is 5.91. The molecule has 0 heterocycles. The summed E-state index contributed by atoms with van der Waals surface area (Å²) in [4.78, 5) is 11.9. The third-order valence-electron chi connectivity index (χ3n) is 3.15. The Hall–Kier alpha value is -2.29. The van der Waals surface area contributed by atoms with Gasteiger partial charge in [0.15, 0.2) is 0 Å². The van der Waals surface area contributed by atoms with Crippen molar-refractivity contribution in [1.82, 2.24) is 0 Å². The normalized spacial score (nSPS) is 10.1. The highest BCUT2D eigenvalue weighted by Crippen LogP contribution is 2.13. The maximum absolute atomic E-state index is 11.9. The van der Waals surface area contributed by atoms with E-state index in [0.717, 1.165) is 16.9 Å². The van der Waals surface area contributed by atoms with E-state index in [-0.39, 0.29) is 5.91 Å². The Morgan fingerprint density at radius 2 is 1.70 bits per heavy atom. The van der Waals surface area contributed by atoms with Crippen molar-refractivity contribution < 1.29 is 4.79 Å². The van der Waals surface area contributed by atoms with Crippen LogP contribution in [0, 0.1) is 13.8 Å². The molecule has 3 nitrogen and oxygen atoms in total. The molecule has 2 N–H and O–H groups in total. The van der Waals surface area contributed by atoms with Gasteiger partial charge in [-0.25, -0.2) is 0 Å². The molecule has 0 saturated heterocycles. The molecule has 0 bridgehead atoms. The van der Waals surface area contributed by atoms with Crippen molar-refractivity contribution in [2.45, 2.75) is 20.3 Å². The number of aryl methyl sites for hydroxylation is 2. The predicted octanol–water partition coefficient (Wildman–Crippen LogP) is 3.74. The maximum atomic E-state index is 11.9. The molecule has 0 radical (unpaired) electrons. The minimum Gasteiger partial charge on any atom is -0.385 e. The van der Waals surface area contributed by atoms with Gasteiger partial charge >= 0.3 is 0 Å². The zero-order chi connectivity index (χ0) is 14.4. The molecule has 3 heteroatoms. The topological polar surface area (TPSA) is 41.1 Å². The van der Waals surface area contributed by atoms with Crippen LogP contribution in [0.3, 0.4) is 0 Å². The van der Waals surface area contributed by atoms with Crippen molar-refractivity contribution in [2.24, 2.45) is 0 Å². The molecule has 0 aliphatic heterocycles. The van der Waals surface area contributed by atoms with E-state index >= 15 is 0 Å². The number of hydrogen-bond donors (Lipinski definition) is 2. The van der Waals surface area contributed by atoms with Crippen LogP contribution in [0.4, 0.5) is 11.4 Å². The molecule has 2 aromatic rings. The molecule has 0 fully saturated rings. The molecule has 0 atom stereocenters. The number of carbonyl (C=O) groups excluding carboxylic acids is 1. The summed E-state index contributed by atoms with van der Waals surface area (Å²) in [6.07, 6.45) is 0.447. The number of rotatable bonds is 5. The van der Waals surface area contributed by atoms with E-state index in [2.05, 4.69) is 29.7 Å². The lowest BCUT2D eigenvalue weighted by molar-refractivity contribution is -0.115. The Balaban J connectivity index is 1.78. The van der Waals surface area contributed by atoms with E-state index in [9.17, 15) is 4.79 Å². The first kappa shape index (κ1) is 14.1. The predicted molar refractivity (Wildman–Crippen MR) is 84.1 cm³/mol. The molecule has 2 rings (SSSR count). The van der Waals surface area contributed by atoms with Crippen LogP contribution >= 0.6 is 0 Å². The number of amides is 1. The molecule has 1 amide bonds. The summed E-state index contributed by atoms with van der Waals surface area (Å²) in [6, 6.07) is 15.9. The Kier molecular flexibility index (Phi) is 4.77. The zero-order valence-corrected chi connectivity index (χ0v) is 11.9. The van der Waals surface area contributed by atoms with Crippen molar-refractivity contribution in [2.75, 3.05) is 17.2 Å². The molecule has 0 saturated carbocycles. The lowest BCUT2D eigenvalue weighted by Crippen LogP contribution is -2.16. The molecular formula is C17H20N2O. The van der Waals surface area contributed by atoms with E-state index < -0.39 is 0 Å². The monoisotopic (exact) mass is 268 g/mol. The van der Waals surface area contributed by atoms with Gasteiger partial charge in [0.2, 0.25) is 5.91 Å². The van der Waals surface area contributed by atoms with Gasteiger partial charge in [-0.2, -0.15) is 0 Å². The fourth-order valence-electron chi connectivity index (χ4n) is 1.92. The molecule has 0 unspecified atom stereocenters. The third kappa shape index (κ3) is 4.12. The van der Waals surface area contributed by atoms with Gasteiger partial charge in [-0.05, 0) is 37.6 Å². The zero-order valence-electron chi connectivity index (χ0n) is 11.9. The third-order valence-corrected chi connectivity index (χ3v) is 3.15. The fraction of sp³-hybridized carbons (Fsp3) is 0.235. The first-order chi connectivity index (χ1) is 9.65. The minimum atomic E-state index is 0.0268. The summed E-state index contributed by atoms with van der Waals surface area (Å²) < 4.78 is 0. The number of nitrogens with one attached hydrogen (secondary N) is 2. The van der Waals surface area contributed by atoms with Crippen molar-refractivity contribution >= 4 is 17.3 Å². The van der Waals surface area contributed by atoms with Crippen LogP contribution < -0.4 is 10.6 Å². The van der Waals surface area contributed by atoms with Crippen LogP contribution in [0.25, 0.3) is 0 Å². The van der Waals surface area contributed by atoms with Crippen molar-refractivity contribution in [3.05, 3.63) is 59.7 Å².